The van der Waals surface area contributed by atoms with Crippen LogP contribution in [0.2, 0.25) is 0 Å². The summed E-state index contributed by atoms with van der Waals surface area (Å²) in [5.74, 6) is 0.571. The Kier molecular flexibility index (Phi) is 24.4. The summed E-state index contributed by atoms with van der Waals surface area (Å²) in [4.78, 5) is 0. The predicted octanol–water partition coefficient (Wildman–Crippen LogP) is 0.365. The lowest BCUT2D eigenvalue weighted by molar-refractivity contribution is -0.0345. The highest BCUT2D eigenvalue weighted by Crippen LogP contribution is 1.97. The van der Waals surface area contributed by atoms with Gasteiger partial charge in [0.05, 0.1) is 59.0 Å². The smallest absolute Gasteiger partial charge is 0.0781 e. The summed E-state index contributed by atoms with van der Waals surface area (Å²) in [7, 11) is 0. The highest BCUT2D eigenvalue weighted by Gasteiger charge is 2.03. The minimum absolute atomic E-state index is 0.0896. The lowest BCUT2D eigenvalue weighted by Gasteiger charge is -2.14. The first-order valence-electron chi connectivity index (χ1n) is 9.52. The van der Waals surface area contributed by atoms with Crippen LogP contribution in [0.25, 0.3) is 0 Å². The van der Waals surface area contributed by atoms with Gasteiger partial charge in [-0.3, -0.25) is 0 Å². The molecule has 0 aliphatic rings. The third kappa shape index (κ3) is 28.5. The average molecular weight is 382 g/mol. The maximum atomic E-state index is 5.54. The van der Waals surface area contributed by atoms with Gasteiger partial charge in [-0.05, 0) is 19.8 Å². The van der Waals surface area contributed by atoms with Gasteiger partial charge in [0.15, 0.2) is 0 Å². The Hall–Kier alpha value is -0.320. The molecule has 0 rings (SSSR count). The van der Waals surface area contributed by atoms with Crippen molar-refractivity contribution in [2.24, 2.45) is 23.1 Å². The molecule has 0 aromatic carbocycles. The third-order valence-corrected chi connectivity index (χ3v) is 2.71. The van der Waals surface area contributed by atoms with E-state index in [0.717, 1.165) is 6.61 Å². The maximum Gasteiger partial charge on any atom is 0.0781 e. The van der Waals surface area contributed by atoms with E-state index in [1.807, 2.05) is 13.8 Å². The molecule has 8 nitrogen and oxygen atoms in total. The zero-order valence-corrected chi connectivity index (χ0v) is 17.3. The normalized spacial score (nSPS) is 13.4. The number of hydrogen-bond donors (Lipinski definition) is 3. The Morgan fingerprint density at radius 1 is 0.615 bits per heavy atom. The van der Waals surface area contributed by atoms with Crippen LogP contribution in [0.5, 0.6) is 0 Å². The minimum Gasteiger partial charge on any atom is -0.379 e. The van der Waals surface area contributed by atoms with E-state index in [1.54, 1.807) is 0 Å². The third-order valence-electron chi connectivity index (χ3n) is 2.71. The van der Waals surface area contributed by atoms with Gasteiger partial charge in [0.25, 0.3) is 0 Å². The molecular weight excluding hydrogens is 338 g/mol. The molecule has 6 N–H and O–H groups in total. The fourth-order valence-electron chi connectivity index (χ4n) is 1.58. The molecule has 0 spiro atoms. The Labute approximate surface area is 160 Å². The molecule has 0 saturated heterocycles. The number of rotatable bonds is 17. The zero-order chi connectivity index (χ0) is 20.0. The molecule has 26 heavy (non-hydrogen) atoms. The standard InChI is InChI=1S/C12H27NO3.C6H16N2O2/c1-10(2)7-15-9-12(4)16-6-5-14-8-11(3)13;7-1-3-9-5-6-10-4-2-8/h10-12H,5-9,13H2,1-4H3;1-8H2. The van der Waals surface area contributed by atoms with E-state index in [9.17, 15) is 0 Å². The van der Waals surface area contributed by atoms with Crippen molar-refractivity contribution < 1.29 is 23.7 Å². The van der Waals surface area contributed by atoms with Crippen LogP contribution >= 0.6 is 0 Å². The van der Waals surface area contributed by atoms with Crippen LogP contribution in [0.3, 0.4) is 0 Å². The summed E-state index contributed by atoms with van der Waals surface area (Å²) >= 11 is 0. The van der Waals surface area contributed by atoms with Crippen molar-refractivity contribution >= 4 is 0 Å². The van der Waals surface area contributed by atoms with Crippen molar-refractivity contribution in [3.8, 4) is 0 Å². The SMILES string of the molecule is CC(C)COCC(C)OCCOCC(C)N.NCCOCCOCCN. The van der Waals surface area contributed by atoms with Gasteiger partial charge in [-0.25, -0.2) is 0 Å². The summed E-state index contributed by atoms with van der Waals surface area (Å²) in [6, 6.07) is 0.0896. The fourth-order valence-corrected chi connectivity index (χ4v) is 1.58. The number of nitrogens with two attached hydrogens (primary N) is 3. The monoisotopic (exact) mass is 381 g/mol. The second-order valence-corrected chi connectivity index (χ2v) is 6.47. The highest BCUT2D eigenvalue weighted by molar-refractivity contribution is 4.50. The Morgan fingerprint density at radius 2 is 1.15 bits per heavy atom. The Balaban J connectivity index is 0. The van der Waals surface area contributed by atoms with E-state index in [1.165, 1.54) is 0 Å². The van der Waals surface area contributed by atoms with Gasteiger partial charge in [-0.1, -0.05) is 13.8 Å². The van der Waals surface area contributed by atoms with Gasteiger partial charge in [-0.2, -0.15) is 0 Å². The Morgan fingerprint density at radius 3 is 1.62 bits per heavy atom. The van der Waals surface area contributed by atoms with Gasteiger partial charge in [0.2, 0.25) is 0 Å². The van der Waals surface area contributed by atoms with E-state index in [-0.39, 0.29) is 12.1 Å². The van der Waals surface area contributed by atoms with Gasteiger partial charge < -0.3 is 40.9 Å². The molecule has 8 heteroatoms. The van der Waals surface area contributed by atoms with Crippen LogP contribution in [-0.4, -0.2) is 84.7 Å². The van der Waals surface area contributed by atoms with Crippen LogP contribution in [0.15, 0.2) is 0 Å². The van der Waals surface area contributed by atoms with Crippen LogP contribution in [-0.2, 0) is 23.7 Å². The molecule has 0 aromatic rings. The van der Waals surface area contributed by atoms with Crippen LogP contribution in [0.1, 0.15) is 27.7 Å². The minimum atomic E-state index is 0.0896. The summed E-state index contributed by atoms with van der Waals surface area (Å²) in [6.45, 7) is 15.0. The Bertz CT molecular complexity index is 251. The van der Waals surface area contributed by atoms with E-state index < -0.39 is 0 Å². The second kappa shape index (κ2) is 22.7. The van der Waals surface area contributed by atoms with E-state index >= 15 is 0 Å². The molecule has 0 fully saturated rings. The van der Waals surface area contributed by atoms with Gasteiger partial charge in [-0.15, -0.1) is 0 Å². The van der Waals surface area contributed by atoms with Gasteiger partial charge in [0.1, 0.15) is 0 Å². The first-order valence-corrected chi connectivity index (χ1v) is 9.52. The summed E-state index contributed by atoms with van der Waals surface area (Å²) in [5, 5.41) is 0. The number of ether oxygens (including phenoxy) is 5. The van der Waals surface area contributed by atoms with E-state index in [0.29, 0.717) is 71.9 Å². The van der Waals surface area contributed by atoms with Crippen molar-refractivity contribution in [2.45, 2.75) is 39.8 Å². The highest BCUT2D eigenvalue weighted by atomic mass is 16.5. The van der Waals surface area contributed by atoms with Crippen LogP contribution in [0, 0.1) is 5.92 Å². The zero-order valence-electron chi connectivity index (χ0n) is 17.3. The lowest BCUT2D eigenvalue weighted by Crippen LogP contribution is -2.24. The predicted molar refractivity (Wildman–Crippen MR) is 105 cm³/mol. The molecule has 2 atom stereocenters. The molecule has 160 valence electrons. The molecular formula is C18H43N3O5. The molecule has 0 aliphatic heterocycles. The van der Waals surface area contributed by atoms with Crippen molar-refractivity contribution in [1.82, 2.24) is 0 Å². The lowest BCUT2D eigenvalue weighted by atomic mass is 10.2. The van der Waals surface area contributed by atoms with Crippen LogP contribution < -0.4 is 17.2 Å². The molecule has 0 bridgehead atoms. The van der Waals surface area contributed by atoms with Crippen LogP contribution in [0.4, 0.5) is 0 Å². The topological polar surface area (TPSA) is 124 Å². The quantitative estimate of drug-likeness (QED) is 0.309. The summed E-state index contributed by atoms with van der Waals surface area (Å²) in [5.41, 5.74) is 15.9. The summed E-state index contributed by atoms with van der Waals surface area (Å²) in [6.07, 6.45) is 0.123. The number of hydrogen-bond acceptors (Lipinski definition) is 8. The van der Waals surface area contributed by atoms with E-state index in [4.69, 9.17) is 40.9 Å². The summed E-state index contributed by atoms with van der Waals surface area (Å²) < 4.78 is 26.4. The van der Waals surface area contributed by atoms with Crippen molar-refractivity contribution in [2.75, 3.05) is 72.6 Å². The van der Waals surface area contributed by atoms with E-state index in [2.05, 4.69) is 13.8 Å². The van der Waals surface area contributed by atoms with Crippen molar-refractivity contribution in [1.29, 1.82) is 0 Å². The van der Waals surface area contributed by atoms with Crippen molar-refractivity contribution in [3.05, 3.63) is 0 Å². The first kappa shape index (κ1) is 27.9. The van der Waals surface area contributed by atoms with Crippen molar-refractivity contribution in [3.63, 3.8) is 0 Å². The van der Waals surface area contributed by atoms with Gasteiger partial charge >= 0.3 is 0 Å². The first-order chi connectivity index (χ1) is 12.4. The van der Waals surface area contributed by atoms with Gasteiger partial charge in [0, 0.05) is 25.7 Å². The largest absolute Gasteiger partial charge is 0.379 e. The second-order valence-electron chi connectivity index (χ2n) is 6.47. The average Bonchev–Trinajstić information content (AvgIpc) is 2.58. The molecule has 2 unspecified atom stereocenters. The molecule has 0 aromatic heterocycles. The maximum absolute atomic E-state index is 5.54. The molecule has 0 radical (unpaired) electrons. The fraction of sp³-hybridized carbons (Fsp3) is 1.00. The molecule has 0 heterocycles. The molecule has 0 amide bonds. The molecule has 0 aliphatic carbocycles. The molecule has 0 saturated carbocycles.